The van der Waals surface area contributed by atoms with Gasteiger partial charge in [-0.15, -0.1) is 0 Å². The predicted octanol–water partition coefficient (Wildman–Crippen LogP) is 4.59. The van der Waals surface area contributed by atoms with Gasteiger partial charge in [0.25, 0.3) is 5.56 Å². The van der Waals surface area contributed by atoms with E-state index in [0.29, 0.717) is 15.7 Å². The molecule has 4 rings (SSSR count). The summed E-state index contributed by atoms with van der Waals surface area (Å²) in [6, 6.07) is 11.9. The van der Waals surface area contributed by atoms with Gasteiger partial charge in [0.05, 0.1) is 16.9 Å². The Hall–Kier alpha value is -2.54. The first kappa shape index (κ1) is 16.9. The Morgan fingerprint density at radius 1 is 1.23 bits per heavy atom. The van der Waals surface area contributed by atoms with Gasteiger partial charge >= 0.3 is 6.61 Å². The number of hydrogen-bond donors (Lipinski definition) is 1. The monoisotopic (exact) mass is 374 g/mol. The number of aryl methyl sites for hydroxylation is 1. The van der Waals surface area contributed by atoms with Gasteiger partial charge < -0.3 is 9.72 Å². The quantitative estimate of drug-likeness (QED) is 0.683. The first-order valence-electron chi connectivity index (χ1n) is 8.36. The van der Waals surface area contributed by atoms with E-state index in [4.69, 9.17) is 12.2 Å². The third kappa shape index (κ3) is 2.92. The lowest BCUT2D eigenvalue weighted by Gasteiger charge is -2.28. The molecule has 0 bridgehead atoms. The van der Waals surface area contributed by atoms with Crippen LogP contribution in [0, 0.1) is 4.77 Å². The summed E-state index contributed by atoms with van der Waals surface area (Å²) in [5.41, 5.74) is 2.40. The van der Waals surface area contributed by atoms with E-state index in [1.165, 1.54) is 6.07 Å². The molecular formula is C19H16F2N2O2S. The van der Waals surface area contributed by atoms with Crippen LogP contribution in [-0.2, 0) is 6.42 Å². The van der Waals surface area contributed by atoms with Gasteiger partial charge in [0, 0.05) is 0 Å². The van der Waals surface area contributed by atoms with Crippen molar-refractivity contribution < 1.29 is 13.5 Å². The Morgan fingerprint density at radius 3 is 2.85 bits per heavy atom. The van der Waals surface area contributed by atoms with Crippen LogP contribution in [0.25, 0.3) is 10.9 Å². The van der Waals surface area contributed by atoms with Crippen molar-refractivity contribution in [3.63, 3.8) is 0 Å². The van der Waals surface area contributed by atoms with E-state index in [1.54, 1.807) is 22.8 Å². The summed E-state index contributed by atoms with van der Waals surface area (Å²) in [5, 5.41) is 0.575. The summed E-state index contributed by atoms with van der Waals surface area (Å²) in [6.07, 6.45) is 2.35. The molecule has 0 aliphatic heterocycles. The first-order chi connectivity index (χ1) is 12.5. The van der Waals surface area contributed by atoms with Crippen molar-refractivity contribution in [3.8, 4) is 5.75 Å². The zero-order valence-corrected chi connectivity index (χ0v) is 14.6. The standard InChI is InChI=1S/C19H16F2N2O2S/c20-18(21)25-12-8-9-13-11(10-12)4-3-7-16(13)23-17(24)14-5-1-2-6-15(14)22-19(23)26/h1-2,5-6,8-10,16,18H,3-4,7H2,(H,22,26)/t16-/m1/s1. The molecule has 1 atom stereocenters. The SMILES string of the molecule is O=c1c2ccccc2[nH]c(=S)n1[C@@H]1CCCc2cc(OC(F)F)ccc21. The molecule has 134 valence electrons. The van der Waals surface area contributed by atoms with E-state index in [2.05, 4.69) is 9.72 Å². The van der Waals surface area contributed by atoms with Gasteiger partial charge in [-0.1, -0.05) is 18.2 Å². The number of fused-ring (bicyclic) bond motifs is 2. The maximum absolute atomic E-state index is 13.0. The van der Waals surface area contributed by atoms with Crippen LogP contribution in [0.5, 0.6) is 5.75 Å². The van der Waals surface area contributed by atoms with Crippen molar-refractivity contribution in [3.05, 3.63) is 68.7 Å². The molecule has 0 radical (unpaired) electrons. The molecule has 0 saturated carbocycles. The van der Waals surface area contributed by atoms with Crippen LogP contribution in [-0.4, -0.2) is 16.2 Å². The molecule has 0 spiro atoms. The van der Waals surface area contributed by atoms with Gasteiger partial charge in [-0.2, -0.15) is 8.78 Å². The molecule has 4 nitrogen and oxygen atoms in total. The maximum atomic E-state index is 13.0. The van der Waals surface area contributed by atoms with Crippen molar-refractivity contribution >= 4 is 23.1 Å². The number of H-pyrrole nitrogens is 1. The molecule has 0 fully saturated rings. The van der Waals surface area contributed by atoms with Crippen LogP contribution >= 0.6 is 12.2 Å². The van der Waals surface area contributed by atoms with Crippen LogP contribution in [0.4, 0.5) is 8.78 Å². The summed E-state index contributed by atoms with van der Waals surface area (Å²) in [4.78, 5) is 16.1. The molecular weight excluding hydrogens is 358 g/mol. The molecule has 1 heterocycles. The number of aromatic nitrogens is 2. The molecule has 1 aliphatic rings. The number of hydrogen-bond acceptors (Lipinski definition) is 3. The van der Waals surface area contributed by atoms with Gasteiger partial charge in [0.1, 0.15) is 5.75 Å². The Labute approximate surface area is 153 Å². The molecule has 2 aromatic carbocycles. The largest absolute Gasteiger partial charge is 0.435 e. The van der Waals surface area contributed by atoms with Gasteiger partial charge in [-0.3, -0.25) is 9.36 Å². The van der Waals surface area contributed by atoms with Crippen LogP contribution < -0.4 is 10.3 Å². The fourth-order valence-electron chi connectivity index (χ4n) is 3.67. The van der Waals surface area contributed by atoms with Gasteiger partial charge in [-0.25, -0.2) is 0 Å². The summed E-state index contributed by atoms with van der Waals surface area (Å²) < 4.78 is 31.4. The number of ether oxygens (including phenoxy) is 1. The molecule has 0 unspecified atom stereocenters. The summed E-state index contributed by atoms with van der Waals surface area (Å²) in [5.74, 6) is 0.135. The van der Waals surface area contributed by atoms with Crippen LogP contribution in [0.2, 0.25) is 0 Å². The highest BCUT2D eigenvalue weighted by molar-refractivity contribution is 7.71. The van der Waals surface area contributed by atoms with Crippen molar-refractivity contribution in [1.82, 2.24) is 9.55 Å². The molecule has 1 aromatic heterocycles. The fourth-order valence-corrected chi connectivity index (χ4v) is 3.99. The number of para-hydroxylation sites is 1. The Morgan fingerprint density at radius 2 is 2.04 bits per heavy atom. The van der Waals surface area contributed by atoms with E-state index in [9.17, 15) is 13.6 Å². The highest BCUT2D eigenvalue weighted by Crippen LogP contribution is 2.34. The maximum Gasteiger partial charge on any atom is 0.387 e. The summed E-state index contributed by atoms with van der Waals surface area (Å²) in [6.45, 7) is -2.86. The lowest BCUT2D eigenvalue weighted by molar-refractivity contribution is -0.0499. The first-order valence-corrected chi connectivity index (χ1v) is 8.76. The third-order valence-corrected chi connectivity index (χ3v) is 5.07. The second kappa shape index (κ2) is 6.64. The van der Waals surface area contributed by atoms with Crippen molar-refractivity contribution in [1.29, 1.82) is 0 Å². The molecule has 7 heteroatoms. The van der Waals surface area contributed by atoms with Crippen molar-refractivity contribution in [2.45, 2.75) is 31.9 Å². The predicted molar refractivity (Wildman–Crippen MR) is 97.5 cm³/mol. The molecule has 1 N–H and O–H groups in total. The van der Waals surface area contributed by atoms with E-state index in [1.807, 2.05) is 18.2 Å². The van der Waals surface area contributed by atoms with E-state index in [-0.39, 0.29) is 17.4 Å². The molecule has 0 saturated heterocycles. The topological polar surface area (TPSA) is 47.0 Å². The minimum absolute atomic E-state index is 0.135. The molecule has 0 amide bonds. The third-order valence-electron chi connectivity index (χ3n) is 4.77. The van der Waals surface area contributed by atoms with Crippen molar-refractivity contribution in [2.24, 2.45) is 0 Å². The average molecular weight is 374 g/mol. The minimum Gasteiger partial charge on any atom is -0.435 e. The second-order valence-corrected chi connectivity index (χ2v) is 6.68. The minimum atomic E-state index is -2.86. The van der Waals surface area contributed by atoms with E-state index in [0.717, 1.165) is 30.4 Å². The van der Waals surface area contributed by atoms with Crippen LogP contribution in [0.15, 0.2) is 47.3 Å². The van der Waals surface area contributed by atoms with E-state index < -0.39 is 6.61 Å². The number of nitrogens with one attached hydrogen (secondary N) is 1. The van der Waals surface area contributed by atoms with Crippen molar-refractivity contribution in [2.75, 3.05) is 0 Å². The van der Waals surface area contributed by atoms with Crippen LogP contribution in [0.1, 0.15) is 30.0 Å². The second-order valence-electron chi connectivity index (χ2n) is 6.30. The Balaban J connectivity index is 1.85. The number of rotatable bonds is 3. The van der Waals surface area contributed by atoms with Gasteiger partial charge in [-0.05, 0) is 66.9 Å². The fraction of sp³-hybridized carbons (Fsp3) is 0.263. The lowest BCUT2D eigenvalue weighted by Crippen LogP contribution is -2.29. The molecule has 3 aromatic rings. The van der Waals surface area contributed by atoms with E-state index >= 15 is 0 Å². The number of benzene rings is 2. The number of halogens is 2. The number of aromatic amines is 1. The van der Waals surface area contributed by atoms with Crippen LogP contribution in [0.3, 0.4) is 0 Å². The number of alkyl halides is 2. The summed E-state index contributed by atoms with van der Waals surface area (Å²) in [7, 11) is 0. The lowest BCUT2D eigenvalue weighted by atomic mass is 9.87. The Kier molecular flexibility index (Phi) is 4.32. The van der Waals surface area contributed by atoms with Gasteiger partial charge in [0.2, 0.25) is 0 Å². The van der Waals surface area contributed by atoms with Gasteiger partial charge in [0.15, 0.2) is 4.77 Å². The summed E-state index contributed by atoms with van der Waals surface area (Å²) >= 11 is 5.44. The molecule has 26 heavy (non-hydrogen) atoms. The normalized spacial score (nSPS) is 16.7. The highest BCUT2D eigenvalue weighted by atomic mass is 32.1. The molecule has 1 aliphatic carbocycles. The average Bonchev–Trinajstić information content (AvgIpc) is 2.61. The highest BCUT2D eigenvalue weighted by Gasteiger charge is 2.25. The smallest absolute Gasteiger partial charge is 0.387 e. The zero-order valence-electron chi connectivity index (χ0n) is 13.7. The Bertz CT molecular complexity index is 1090. The zero-order chi connectivity index (χ0) is 18.3. The number of nitrogens with zero attached hydrogens (tertiary/aromatic N) is 1.